The van der Waals surface area contributed by atoms with E-state index in [1.54, 1.807) is 0 Å². The van der Waals surface area contributed by atoms with E-state index in [4.69, 9.17) is 4.74 Å². The van der Waals surface area contributed by atoms with Gasteiger partial charge in [-0.25, -0.2) is 4.79 Å². The van der Waals surface area contributed by atoms with E-state index in [1.165, 1.54) is 0 Å². The van der Waals surface area contributed by atoms with Crippen molar-refractivity contribution in [3.63, 3.8) is 0 Å². The van der Waals surface area contributed by atoms with Gasteiger partial charge in [-0.3, -0.25) is 4.79 Å². The molecule has 0 heterocycles. The van der Waals surface area contributed by atoms with Crippen LogP contribution < -0.4 is 0 Å². The van der Waals surface area contributed by atoms with Crippen molar-refractivity contribution < 1.29 is 29.6 Å². The Morgan fingerprint density at radius 3 is 2.29 bits per heavy atom. The van der Waals surface area contributed by atoms with Gasteiger partial charge >= 0.3 is 11.9 Å². The second kappa shape index (κ2) is 6.95. The maximum absolute atomic E-state index is 12.4. The molecule has 1 fully saturated rings. The first-order valence-electron chi connectivity index (χ1n) is 7.87. The van der Waals surface area contributed by atoms with Crippen LogP contribution in [0, 0.1) is 17.8 Å². The Labute approximate surface area is 140 Å². The van der Waals surface area contributed by atoms with Gasteiger partial charge < -0.3 is 20.1 Å². The number of carbonyl (C=O) groups is 2. The molecule has 0 amide bonds. The summed E-state index contributed by atoms with van der Waals surface area (Å²) in [5.74, 6) is -3.73. The number of allylic oxidation sites excluding steroid dienone is 1. The number of aromatic hydroxyl groups is 3. The summed E-state index contributed by atoms with van der Waals surface area (Å²) in [6.07, 6.45) is 2.41. The Morgan fingerprint density at radius 1 is 1.17 bits per heavy atom. The fourth-order valence-corrected chi connectivity index (χ4v) is 3.05. The maximum Gasteiger partial charge on any atom is 0.346 e. The number of rotatable bonds is 3. The van der Waals surface area contributed by atoms with Gasteiger partial charge in [0.15, 0.2) is 17.2 Å². The number of ether oxygens (including phenoxy) is 1. The van der Waals surface area contributed by atoms with Gasteiger partial charge in [-0.05, 0) is 50.2 Å². The van der Waals surface area contributed by atoms with Crippen molar-refractivity contribution >= 4 is 11.9 Å². The molecule has 0 bridgehead atoms. The normalized spacial score (nSPS) is 23.5. The molecule has 1 aromatic rings. The summed E-state index contributed by atoms with van der Waals surface area (Å²) in [5.41, 5.74) is 0.801. The molecule has 0 spiro atoms. The molecule has 3 atom stereocenters. The molecule has 1 saturated carbocycles. The molecule has 0 aliphatic heterocycles. The molecule has 3 N–H and O–H groups in total. The van der Waals surface area contributed by atoms with Gasteiger partial charge in [-0.2, -0.15) is 0 Å². The minimum absolute atomic E-state index is 0.0996. The van der Waals surface area contributed by atoms with Crippen molar-refractivity contribution in [2.75, 3.05) is 0 Å². The zero-order valence-corrected chi connectivity index (χ0v) is 13.8. The molecule has 0 saturated heterocycles. The molecule has 24 heavy (non-hydrogen) atoms. The molecule has 0 radical (unpaired) electrons. The van der Waals surface area contributed by atoms with Gasteiger partial charge in [-0.15, -0.1) is 0 Å². The van der Waals surface area contributed by atoms with E-state index in [-0.39, 0.29) is 17.4 Å². The fraction of sp³-hybridized carbons (Fsp3) is 0.444. The third kappa shape index (κ3) is 3.69. The predicted octanol–water partition coefficient (Wildman–Crippen LogP) is 3.12. The highest BCUT2D eigenvalue weighted by molar-refractivity contribution is 5.98. The first-order chi connectivity index (χ1) is 11.2. The number of esters is 2. The summed E-state index contributed by atoms with van der Waals surface area (Å²) in [5, 5.41) is 28.2. The SMILES string of the molecule is C=C(C)C1CCC(C)C(C(=O)OC(=O)c2cc(O)c(O)c(O)c2)C1. The average Bonchev–Trinajstić information content (AvgIpc) is 2.52. The molecule has 6 heteroatoms. The van der Waals surface area contributed by atoms with E-state index in [0.29, 0.717) is 6.42 Å². The minimum Gasteiger partial charge on any atom is -0.504 e. The van der Waals surface area contributed by atoms with Crippen molar-refractivity contribution in [3.05, 3.63) is 29.8 Å². The van der Waals surface area contributed by atoms with E-state index < -0.39 is 35.1 Å². The number of hydrogen-bond acceptors (Lipinski definition) is 6. The summed E-state index contributed by atoms with van der Waals surface area (Å²) in [6.45, 7) is 7.81. The van der Waals surface area contributed by atoms with Crippen LogP contribution in [-0.4, -0.2) is 27.3 Å². The Morgan fingerprint density at radius 2 is 1.75 bits per heavy atom. The van der Waals surface area contributed by atoms with E-state index in [0.717, 1.165) is 30.5 Å². The highest BCUT2D eigenvalue weighted by atomic mass is 16.6. The van der Waals surface area contributed by atoms with Crippen LogP contribution in [0.5, 0.6) is 17.2 Å². The molecular formula is C18H22O6. The second-order valence-corrected chi connectivity index (χ2v) is 6.51. The van der Waals surface area contributed by atoms with Crippen LogP contribution in [0.1, 0.15) is 43.5 Å². The maximum atomic E-state index is 12.4. The predicted molar refractivity (Wildman–Crippen MR) is 86.7 cm³/mol. The summed E-state index contributed by atoms with van der Waals surface area (Å²) in [7, 11) is 0. The third-order valence-corrected chi connectivity index (χ3v) is 4.69. The molecule has 0 aromatic heterocycles. The average molecular weight is 334 g/mol. The van der Waals surface area contributed by atoms with Crippen LogP contribution in [0.4, 0.5) is 0 Å². The van der Waals surface area contributed by atoms with Gasteiger partial charge in [-0.1, -0.05) is 19.1 Å². The van der Waals surface area contributed by atoms with Crippen LogP contribution in [0.15, 0.2) is 24.3 Å². The lowest BCUT2D eigenvalue weighted by Gasteiger charge is -2.32. The van der Waals surface area contributed by atoms with E-state index >= 15 is 0 Å². The number of benzene rings is 1. The molecule has 3 unspecified atom stereocenters. The largest absolute Gasteiger partial charge is 0.504 e. The quantitative estimate of drug-likeness (QED) is 0.339. The van der Waals surface area contributed by atoms with Gasteiger partial charge in [0, 0.05) is 0 Å². The van der Waals surface area contributed by atoms with Gasteiger partial charge in [0.05, 0.1) is 11.5 Å². The molecule has 1 aliphatic carbocycles. The molecule has 2 rings (SSSR count). The van der Waals surface area contributed by atoms with Gasteiger partial charge in [0.2, 0.25) is 0 Å². The van der Waals surface area contributed by atoms with Crippen molar-refractivity contribution in [1.82, 2.24) is 0 Å². The van der Waals surface area contributed by atoms with Crippen LogP contribution in [0.25, 0.3) is 0 Å². The van der Waals surface area contributed by atoms with Crippen molar-refractivity contribution in [3.8, 4) is 17.2 Å². The number of carbonyl (C=O) groups excluding carboxylic acids is 2. The van der Waals surface area contributed by atoms with E-state index in [2.05, 4.69) is 6.58 Å². The highest BCUT2D eigenvalue weighted by Gasteiger charge is 2.35. The molecule has 1 aliphatic rings. The topological polar surface area (TPSA) is 104 Å². The monoisotopic (exact) mass is 334 g/mol. The molecule has 130 valence electrons. The smallest absolute Gasteiger partial charge is 0.346 e. The Balaban J connectivity index is 2.10. The summed E-state index contributed by atoms with van der Waals surface area (Å²) in [4.78, 5) is 24.4. The molecular weight excluding hydrogens is 312 g/mol. The van der Waals surface area contributed by atoms with Crippen LogP contribution >= 0.6 is 0 Å². The van der Waals surface area contributed by atoms with Gasteiger partial charge in [0.1, 0.15) is 0 Å². The fourth-order valence-electron chi connectivity index (χ4n) is 3.05. The van der Waals surface area contributed by atoms with Gasteiger partial charge in [0.25, 0.3) is 0 Å². The van der Waals surface area contributed by atoms with Crippen LogP contribution in [0.2, 0.25) is 0 Å². The Hall–Kier alpha value is -2.50. The highest BCUT2D eigenvalue weighted by Crippen LogP contribution is 2.38. The first kappa shape index (κ1) is 17.8. The van der Waals surface area contributed by atoms with E-state index in [9.17, 15) is 24.9 Å². The first-order valence-corrected chi connectivity index (χ1v) is 7.87. The summed E-state index contributed by atoms with van der Waals surface area (Å²) in [6, 6.07) is 1.87. The van der Waals surface area contributed by atoms with Crippen LogP contribution in [-0.2, 0) is 9.53 Å². The standard InChI is InChI=1S/C18H22O6/c1-9(2)11-5-4-10(3)13(6-11)18(23)24-17(22)12-7-14(19)16(21)15(20)8-12/h7-8,10-11,13,19-21H,1,4-6H2,2-3H3. The lowest BCUT2D eigenvalue weighted by molar-refractivity contribution is -0.146. The number of phenols is 3. The zero-order chi connectivity index (χ0) is 18.0. The third-order valence-electron chi connectivity index (χ3n) is 4.69. The number of phenolic OH excluding ortho intramolecular Hbond substituents is 3. The lowest BCUT2D eigenvalue weighted by Crippen LogP contribution is -2.32. The van der Waals surface area contributed by atoms with Crippen molar-refractivity contribution in [2.24, 2.45) is 17.8 Å². The second-order valence-electron chi connectivity index (χ2n) is 6.51. The zero-order valence-electron chi connectivity index (χ0n) is 13.8. The molecule has 6 nitrogen and oxygen atoms in total. The van der Waals surface area contributed by atoms with Crippen molar-refractivity contribution in [1.29, 1.82) is 0 Å². The Bertz CT molecular complexity index is 655. The Kier molecular flexibility index (Phi) is 5.17. The minimum atomic E-state index is -0.977. The van der Waals surface area contributed by atoms with Crippen LogP contribution in [0.3, 0.4) is 0 Å². The van der Waals surface area contributed by atoms with Crippen molar-refractivity contribution in [2.45, 2.75) is 33.1 Å². The lowest BCUT2D eigenvalue weighted by atomic mass is 9.73. The molecule has 1 aromatic carbocycles. The summed E-state index contributed by atoms with van der Waals surface area (Å²) >= 11 is 0. The van der Waals surface area contributed by atoms with E-state index in [1.807, 2.05) is 13.8 Å². The number of hydrogen-bond donors (Lipinski definition) is 3. The summed E-state index contributed by atoms with van der Waals surface area (Å²) < 4.78 is 4.91.